The van der Waals surface area contributed by atoms with Crippen LogP contribution in [0.1, 0.15) is 35.2 Å². The Hall–Kier alpha value is -3.21. The monoisotopic (exact) mass is 423 g/mol. The van der Waals surface area contributed by atoms with Crippen molar-refractivity contribution in [3.63, 3.8) is 0 Å². The minimum Gasteiger partial charge on any atom is -0.365 e. The van der Waals surface area contributed by atoms with Crippen LogP contribution in [0.4, 0.5) is 19.0 Å². The van der Waals surface area contributed by atoms with E-state index in [1.807, 2.05) is 0 Å². The fourth-order valence-electron chi connectivity index (χ4n) is 3.36. The molecule has 0 radical (unpaired) electrons. The first-order valence-corrected chi connectivity index (χ1v) is 9.15. The topological polar surface area (TPSA) is 121 Å². The second-order valence-electron chi connectivity index (χ2n) is 7.13. The van der Waals surface area contributed by atoms with Crippen LogP contribution >= 0.6 is 0 Å². The Balaban J connectivity index is 1.79. The molecule has 30 heavy (non-hydrogen) atoms. The predicted octanol–water partition coefficient (Wildman–Crippen LogP) is 1.46. The Kier molecular flexibility index (Phi) is 5.92. The van der Waals surface area contributed by atoms with Gasteiger partial charge in [-0.15, -0.1) is 0 Å². The number of aromatic amines is 1. The van der Waals surface area contributed by atoms with Gasteiger partial charge in [0, 0.05) is 25.7 Å². The van der Waals surface area contributed by atoms with Crippen LogP contribution in [0.25, 0.3) is 0 Å². The molecule has 2 aromatic heterocycles. The van der Waals surface area contributed by atoms with Crippen molar-refractivity contribution in [1.82, 2.24) is 14.9 Å². The number of hydrogen-bond acceptors (Lipinski definition) is 5. The molecule has 0 aliphatic carbocycles. The van der Waals surface area contributed by atoms with E-state index in [0.717, 1.165) is 24.5 Å². The van der Waals surface area contributed by atoms with Crippen molar-refractivity contribution in [3.8, 4) is 0 Å². The number of likely N-dealkylation sites (tertiary alicyclic amines) is 1. The van der Waals surface area contributed by atoms with Crippen molar-refractivity contribution >= 4 is 17.6 Å². The molecule has 0 bridgehead atoms. The summed E-state index contributed by atoms with van der Waals surface area (Å²) in [6.07, 6.45) is 1.56. The summed E-state index contributed by atoms with van der Waals surface area (Å²) >= 11 is 0. The number of hydrogen-bond donors (Lipinski definition) is 3. The summed E-state index contributed by atoms with van der Waals surface area (Å²) in [5.41, 5.74) is 4.02. The van der Waals surface area contributed by atoms with E-state index in [9.17, 15) is 27.6 Å². The number of piperidine rings is 1. The maximum atomic E-state index is 14.6. The van der Waals surface area contributed by atoms with Crippen molar-refractivity contribution < 1.29 is 22.8 Å². The second kappa shape index (κ2) is 8.27. The lowest BCUT2D eigenvalue weighted by Gasteiger charge is -2.40. The molecule has 0 saturated carbocycles. The summed E-state index contributed by atoms with van der Waals surface area (Å²) in [7, 11) is 0. The van der Waals surface area contributed by atoms with Crippen molar-refractivity contribution in [1.29, 1.82) is 0 Å². The van der Waals surface area contributed by atoms with Crippen LogP contribution in [-0.4, -0.2) is 51.7 Å². The summed E-state index contributed by atoms with van der Waals surface area (Å²) in [6, 6.07) is 2.71. The SMILES string of the molecule is CC(C(=O)Nc1ccc(F)cn1)N1CCC(F)(F)C(c2c[nH]c(=O)c(C(N)=O)c2)C1. The molecule has 8 nitrogen and oxygen atoms in total. The Labute approximate surface area is 169 Å². The number of nitrogens with one attached hydrogen (secondary N) is 2. The van der Waals surface area contributed by atoms with Crippen molar-refractivity contribution in [2.75, 3.05) is 18.4 Å². The number of aromatic nitrogens is 2. The molecule has 1 fully saturated rings. The molecule has 160 valence electrons. The zero-order chi connectivity index (χ0) is 22.1. The van der Waals surface area contributed by atoms with E-state index in [2.05, 4.69) is 15.3 Å². The van der Waals surface area contributed by atoms with Gasteiger partial charge >= 0.3 is 0 Å². The number of carbonyl (C=O) groups is 2. The van der Waals surface area contributed by atoms with E-state index in [-0.39, 0.29) is 24.5 Å². The first-order valence-electron chi connectivity index (χ1n) is 9.15. The zero-order valence-corrected chi connectivity index (χ0v) is 16.0. The number of nitrogens with zero attached hydrogens (tertiary/aromatic N) is 2. The van der Waals surface area contributed by atoms with Gasteiger partial charge in [0.25, 0.3) is 17.4 Å². The highest BCUT2D eigenvalue weighted by molar-refractivity contribution is 5.94. The third kappa shape index (κ3) is 4.51. The first-order chi connectivity index (χ1) is 14.1. The zero-order valence-electron chi connectivity index (χ0n) is 16.0. The Morgan fingerprint density at radius 1 is 1.40 bits per heavy atom. The molecule has 0 spiro atoms. The number of anilines is 1. The molecule has 1 aliphatic heterocycles. The molecule has 2 unspecified atom stereocenters. The Morgan fingerprint density at radius 3 is 2.77 bits per heavy atom. The molecule has 3 rings (SSSR count). The molecule has 0 aromatic carbocycles. The van der Waals surface area contributed by atoms with Crippen molar-refractivity contribution in [2.24, 2.45) is 5.73 Å². The van der Waals surface area contributed by atoms with Gasteiger partial charge in [-0.3, -0.25) is 19.3 Å². The van der Waals surface area contributed by atoms with E-state index in [1.165, 1.54) is 6.07 Å². The summed E-state index contributed by atoms with van der Waals surface area (Å²) in [6.45, 7) is 1.32. The highest BCUT2D eigenvalue weighted by Crippen LogP contribution is 2.40. The molecule has 1 saturated heterocycles. The molecule has 2 amide bonds. The fourth-order valence-corrected chi connectivity index (χ4v) is 3.36. The number of carbonyl (C=O) groups excluding carboxylic acids is 2. The Morgan fingerprint density at radius 2 is 2.13 bits per heavy atom. The summed E-state index contributed by atoms with van der Waals surface area (Å²) in [5, 5.41) is 2.52. The standard InChI is InChI=1S/C19H20F3N5O3/c1-10(17(29)26-15-3-2-12(20)8-24-15)27-5-4-19(21,22)14(9-27)11-6-13(16(23)28)18(30)25-7-11/h2-3,6-8,10,14H,4-5,9H2,1H3,(H2,23,28)(H,25,30)(H,24,26,29). The minimum absolute atomic E-state index is 0.0407. The molecule has 4 N–H and O–H groups in total. The van der Waals surface area contributed by atoms with Gasteiger partial charge in [-0.2, -0.15) is 0 Å². The van der Waals surface area contributed by atoms with Crippen LogP contribution in [0, 0.1) is 5.82 Å². The van der Waals surface area contributed by atoms with Gasteiger partial charge in [-0.25, -0.2) is 18.2 Å². The van der Waals surface area contributed by atoms with E-state index >= 15 is 0 Å². The van der Waals surface area contributed by atoms with Gasteiger partial charge < -0.3 is 16.0 Å². The molecule has 11 heteroatoms. The number of pyridine rings is 2. The molecule has 3 heterocycles. The summed E-state index contributed by atoms with van der Waals surface area (Å²) < 4.78 is 42.2. The number of amides is 2. The molecular weight excluding hydrogens is 403 g/mol. The van der Waals surface area contributed by atoms with Crippen LogP contribution in [0.5, 0.6) is 0 Å². The van der Waals surface area contributed by atoms with Crippen LogP contribution in [0.3, 0.4) is 0 Å². The average Bonchev–Trinajstić information content (AvgIpc) is 2.69. The highest BCUT2D eigenvalue weighted by atomic mass is 19.3. The number of nitrogens with two attached hydrogens (primary N) is 1. The lowest BCUT2D eigenvalue weighted by Crippen LogP contribution is -2.52. The van der Waals surface area contributed by atoms with Crippen LogP contribution in [0.15, 0.2) is 35.4 Å². The molecule has 1 aliphatic rings. The highest BCUT2D eigenvalue weighted by Gasteiger charge is 2.46. The largest absolute Gasteiger partial charge is 0.365 e. The minimum atomic E-state index is -3.11. The number of H-pyrrole nitrogens is 1. The summed E-state index contributed by atoms with van der Waals surface area (Å²) in [4.78, 5) is 43.2. The molecular formula is C19H20F3N5O3. The smallest absolute Gasteiger partial charge is 0.260 e. The molecule has 2 aromatic rings. The Bertz CT molecular complexity index is 1010. The van der Waals surface area contributed by atoms with Crippen LogP contribution in [-0.2, 0) is 4.79 Å². The van der Waals surface area contributed by atoms with E-state index in [1.54, 1.807) is 11.8 Å². The predicted molar refractivity (Wildman–Crippen MR) is 102 cm³/mol. The fraction of sp³-hybridized carbons (Fsp3) is 0.368. The van der Waals surface area contributed by atoms with E-state index in [4.69, 9.17) is 5.73 Å². The third-order valence-corrected chi connectivity index (χ3v) is 5.16. The van der Waals surface area contributed by atoms with Crippen molar-refractivity contribution in [2.45, 2.75) is 31.2 Å². The maximum Gasteiger partial charge on any atom is 0.260 e. The quantitative estimate of drug-likeness (QED) is 0.672. The second-order valence-corrected chi connectivity index (χ2v) is 7.13. The number of alkyl halides is 2. The van der Waals surface area contributed by atoms with E-state index < -0.39 is 53.1 Å². The lowest BCUT2D eigenvalue weighted by molar-refractivity contribution is -0.125. The normalized spacial score (nSPS) is 19.8. The van der Waals surface area contributed by atoms with Gasteiger partial charge in [-0.1, -0.05) is 0 Å². The van der Waals surface area contributed by atoms with Crippen molar-refractivity contribution in [3.05, 3.63) is 57.9 Å². The lowest BCUT2D eigenvalue weighted by atomic mass is 9.86. The van der Waals surface area contributed by atoms with Gasteiger partial charge in [0.15, 0.2) is 0 Å². The average molecular weight is 423 g/mol. The molecule has 2 atom stereocenters. The first kappa shape index (κ1) is 21.5. The maximum absolute atomic E-state index is 14.6. The number of rotatable bonds is 5. The van der Waals surface area contributed by atoms with Gasteiger partial charge in [-0.05, 0) is 30.7 Å². The number of halogens is 3. The van der Waals surface area contributed by atoms with Gasteiger partial charge in [0.2, 0.25) is 5.91 Å². The number of primary amides is 1. The van der Waals surface area contributed by atoms with Crippen LogP contribution in [0.2, 0.25) is 0 Å². The van der Waals surface area contributed by atoms with Crippen LogP contribution < -0.4 is 16.6 Å². The summed E-state index contributed by atoms with van der Waals surface area (Å²) in [5.74, 6) is -6.40. The van der Waals surface area contributed by atoms with Gasteiger partial charge in [0.1, 0.15) is 17.2 Å². The third-order valence-electron chi connectivity index (χ3n) is 5.16. The van der Waals surface area contributed by atoms with Gasteiger partial charge in [0.05, 0.1) is 18.2 Å². The van der Waals surface area contributed by atoms with E-state index in [0.29, 0.717) is 0 Å².